The number of Topliss-reactive ketones (excluding diaryl/α,β-unsaturated/α-hetero) is 1. The quantitative estimate of drug-likeness (QED) is 0.434. The Morgan fingerprint density at radius 3 is 2.59 bits per heavy atom. The fourth-order valence-corrected chi connectivity index (χ4v) is 5.77. The van der Waals surface area contributed by atoms with Crippen molar-refractivity contribution in [1.82, 2.24) is 4.90 Å². The number of benzene rings is 2. The van der Waals surface area contributed by atoms with Gasteiger partial charge in [0.1, 0.15) is 18.2 Å². The van der Waals surface area contributed by atoms with Gasteiger partial charge in [-0.15, -0.1) is 0 Å². The highest BCUT2D eigenvalue weighted by molar-refractivity contribution is 14.1. The van der Waals surface area contributed by atoms with Crippen LogP contribution in [0.2, 0.25) is 0 Å². The summed E-state index contributed by atoms with van der Waals surface area (Å²) >= 11 is 2.20. The number of carbonyl (C=O) groups is 1. The van der Waals surface area contributed by atoms with Crippen LogP contribution in [0.4, 0.5) is 0 Å². The second kappa shape index (κ2) is 11.0. The average molecular weight is 608 g/mol. The largest absolute Gasteiger partial charge is 0.488 e. The highest BCUT2D eigenvalue weighted by Gasteiger charge is 2.44. The fraction of sp³-hybridized carbons (Fsp3) is 0.345. The van der Waals surface area contributed by atoms with Gasteiger partial charge in [0.05, 0.1) is 39.4 Å². The van der Waals surface area contributed by atoms with Crippen molar-refractivity contribution in [2.45, 2.75) is 39.2 Å². The van der Waals surface area contributed by atoms with E-state index in [1.165, 1.54) is 0 Å². The molecule has 0 aromatic heterocycles. The first-order chi connectivity index (χ1) is 17.7. The molecule has 4 rings (SSSR count). The Hall–Kier alpha value is -3.34. The Morgan fingerprint density at radius 1 is 1.16 bits per heavy atom. The van der Waals surface area contributed by atoms with Crippen LogP contribution in [0.1, 0.15) is 49.3 Å². The molecule has 7 nitrogen and oxygen atoms in total. The summed E-state index contributed by atoms with van der Waals surface area (Å²) in [6.45, 7) is 5.32. The van der Waals surface area contributed by atoms with Gasteiger partial charge in [-0.1, -0.05) is 38.1 Å². The third-order valence-corrected chi connectivity index (χ3v) is 7.66. The second-order valence-corrected chi connectivity index (χ2v) is 11.2. The standard InChI is InChI=1S/C29H29IN4O3/c1-29(2)13-23-27(24(35)14-29)26(21(16-32)28(33)34(23)10-11-36-3)18-8-9-25(22(30)12-18)37-17-20-7-5-4-6-19(20)15-31/h4-9,12,26H,10-11,13-14,17,33H2,1-3H3/t26-/m0/s1. The monoisotopic (exact) mass is 608 g/mol. The Labute approximate surface area is 231 Å². The summed E-state index contributed by atoms with van der Waals surface area (Å²) < 4.78 is 12.2. The molecule has 37 heavy (non-hydrogen) atoms. The Morgan fingerprint density at radius 2 is 1.92 bits per heavy atom. The highest BCUT2D eigenvalue weighted by Crippen LogP contribution is 2.49. The smallest absolute Gasteiger partial charge is 0.162 e. The zero-order valence-corrected chi connectivity index (χ0v) is 23.3. The van der Waals surface area contributed by atoms with E-state index in [2.05, 4.69) is 48.6 Å². The fourth-order valence-electron chi connectivity index (χ4n) is 5.07. The van der Waals surface area contributed by atoms with Gasteiger partial charge in [-0.25, -0.2) is 0 Å². The van der Waals surface area contributed by atoms with Crippen molar-refractivity contribution in [2.24, 2.45) is 11.1 Å². The number of carbonyl (C=O) groups excluding carboxylic acids is 1. The molecule has 2 N–H and O–H groups in total. The molecule has 1 aliphatic carbocycles. The molecule has 0 saturated heterocycles. The van der Waals surface area contributed by atoms with Crippen LogP contribution in [0.25, 0.3) is 0 Å². The lowest BCUT2D eigenvalue weighted by Gasteiger charge is -2.43. The van der Waals surface area contributed by atoms with Crippen molar-refractivity contribution < 1.29 is 14.3 Å². The minimum atomic E-state index is -0.538. The van der Waals surface area contributed by atoms with E-state index >= 15 is 0 Å². The highest BCUT2D eigenvalue weighted by atomic mass is 127. The SMILES string of the molecule is COCCN1C(N)=C(C#N)[C@H](c2ccc(OCc3ccccc3C#N)c(I)c2)C2=C1CC(C)(C)CC2=O. The molecule has 0 spiro atoms. The zero-order chi connectivity index (χ0) is 26.7. The molecule has 190 valence electrons. The predicted octanol–water partition coefficient (Wildman–Crippen LogP) is 5.12. The molecule has 2 aromatic carbocycles. The molecular formula is C29H29IN4O3. The maximum Gasteiger partial charge on any atom is 0.162 e. The topological polar surface area (TPSA) is 112 Å². The van der Waals surface area contributed by atoms with Crippen molar-refractivity contribution in [2.75, 3.05) is 20.3 Å². The molecule has 2 aromatic rings. The zero-order valence-electron chi connectivity index (χ0n) is 21.2. The molecule has 1 aliphatic heterocycles. The van der Waals surface area contributed by atoms with Crippen molar-refractivity contribution in [3.63, 3.8) is 0 Å². The summed E-state index contributed by atoms with van der Waals surface area (Å²) in [6.07, 6.45) is 1.10. The van der Waals surface area contributed by atoms with E-state index in [4.69, 9.17) is 15.2 Å². The number of nitrogens with two attached hydrogens (primary N) is 1. The molecule has 2 aliphatic rings. The summed E-state index contributed by atoms with van der Waals surface area (Å²) in [5.74, 6) is 0.541. The average Bonchev–Trinajstić information content (AvgIpc) is 2.86. The number of nitrogens with zero attached hydrogens (tertiary/aromatic N) is 3. The third-order valence-electron chi connectivity index (χ3n) is 6.82. The lowest BCUT2D eigenvalue weighted by molar-refractivity contribution is -0.118. The van der Waals surface area contributed by atoms with E-state index in [9.17, 15) is 15.3 Å². The molecular weight excluding hydrogens is 579 g/mol. The van der Waals surface area contributed by atoms with Crippen molar-refractivity contribution in [3.8, 4) is 17.9 Å². The molecule has 0 fully saturated rings. The second-order valence-electron chi connectivity index (χ2n) is 10.0. The Balaban J connectivity index is 1.72. The van der Waals surface area contributed by atoms with Crippen molar-refractivity contribution in [3.05, 3.63) is 85.4 Å². The van der Waals surface area contributed by atoms with E-state index < -0.39 is 5.92 Å². The van der Waals surface area contributed by atoms with Crippen LogP contribution in [0.5, 0.6) is 5.75 Å². The first-order valence-corrected chi connectivity index (χ1v) is 13.1. The number of ether oxygens (including phenoxy) is 2. The van der Waals surface area contributed by atoms with Crippen molar-refractivity contribution >= 4 is 28.4 Å². The van der Waals surface area contributed by atoms with Gasteiger partial charge in [0, 0.05) is 36.9 Å². The third kappa shape index (κ3) is 5.36. The lowest BCUT2D eigenvalue weighted by atomic mass is 9.68. The summed E-state index contributed by atoms with van der Waals surface area (Å²) in [7, 11) is 1.62. The lowest BCUT2D eigenvalue weighted by Crippen LogP contribution is -2.43. The van der Waals surface area contributed by atoms with Gasteiger partial charge in [-0.3, -0.25) is 4.79 Å². The first kappa shape index (κ1) is 26.7. The molecule has 1 heterocycles. The molecule has 0 radical (unpaired) electrons. The number of ketones is 1. The van der Waals surface area contributed by atoms with Gasteiger partial charge in [0.2, 0.25) is 0 Å². The number of halogens is 1. The summed E-state index contributed by atoms with van der Waals surface area (Å²) in [5.41, 5.74) is 10.5. The van der Waals surface area contributed by atoms with Gasteiger partial charge < -0.3 is 20.1 Å². The number of allylic oxidation sites excluding steroid dienone is 3. The molecule has 0 unspecified atom stereocenters. The minimum Gasteiger partial charge on any atom is -0.488 e. The molecule has 0 saturated carbocycles. The Bertz CT molecular complexity index is 1380. The van der Waals surface area contributed by atoms with Gasteiger partial charge in [-0.05, 0) is 58.2 Å². The minimum absolute atomic E-state index is 0.0439. The maximum absolute atomic E-state index is 13.5. The van der Waals surface area contributed by atoms with Crippen LogP contribution in [-0.4, -0.2) is 30.9 Å². The van der Waals surface area contributed by atoms with E-state index in [0.717, 1.165) is 20.4 Å². The number of methoxy groups -OCH3 is 1. The molecule has 0 amide bonds. The number of nitriles is 2. The van der Waals surface area contributed by atoms with Crippen LogP contribution in [0.3, 0.4) is 0 Å². The van der Waals surface area contributed by atoms with Crippen molar-refractivity contribution in [1.29, 1.82) is 10.5 Å². The summed E-state index contributed by atoms with van der Waals surface area (Å²) in [6, 6.07) is 17.5. The number of hydrogen-bond donors (Lipinski definition) is 1. The predicted molar refractivity (Wildman–Crippen MR) is 148 cm³/mol. The van der Waals surface area contributed by atoms with Crippen LogP contribution in [-0.2, 0) is 16.1 Å². The van der Waals surface area contributed by atoms with E-state index in [1.807, 2.05) is 41.3 Å². The van der Waals surface area contributed by atoms with Crippen LogP contribution < -0.4 is 10.5 Å². The maximum atomic E-state index is 13.5. The van der Waals surface area contributed by atoms with Crippen LogP contribution >= 0.6 is 22.6 Å². The molecule has 0 bridgehead atoms. The van der Waals surface area contributed by atoms with E-state index in [0.29, 0.717) is 54.3 Å². The summed E-state index contributed by atoms with van der Waals surface area (Å²) in [4.78, 5) is 15.4. The van der Waals surface area contributed by atoms with Gasteiger partial charge in [0.25, 0.3) is 0 Å². The molecule has 1 atom stereocenters. The normalized spacial score (nSPS) is 18.8. The van der Waals surface area contributed by atoms with E-state index in [1.54, 1.807) is 13.2 Å². The summed E-state index contributed by atoms with van der Waals surface area (Å²) in [5, 5.41) is 19.5. The van der Waals surface area contributed by atoms with Gasteiger partial charge in [-0.2, -0.15) is 10.5 Å². The van der Waals surface area contributed by atoms with Gasteiger partial charge >= 0.3 is 0 Å². The number of hydrogen-bond acceptors (Lipinski definition) is 7. The molecule has 8 heteroatoms. The van der Waals surface area contributed by atoms with Gasteiger partial charge in [0.15, 0.2) is 5.78 Å². The van der Waals surface area contributed by atoms with Crippen LogP contribution in [0, 0.1) is 31.6 Å². The number of rotatable bonds is 7. The first-order valence-electron chi connectivity index (χ1n) is 12.0. The van der Waals surface area contributed by atoms with Crippen LogP contribution in [0.15, 0.2) is 65.1 Å². The Kier molecular flexibility index (Phi) is 7.91. The van der Waals surface area contributed by atoms with E-state index in [-0.39, 0.29) is 17.8 Å².